The van der Waals surface area contributed by atoms with Gasteiger partial charge in [0.2, 0.25) is 0 Å². The number of hydrogen-bond acceptors (Lipinski definition) is 5. The van der Waals surface area contributed by atoms with Gasteiger partial charge in [-0.1, -0.05) is 18.2 Å². The third kappa shape index (κ3) is 3.57. The maximum absolute atomic E-state index is 13.4. The van der Waals surface area contributed by atoms with Crippen LogP contribution in [-0.4, -0.2) is 65.4 Å². The second-order valence-electron chi connectivity index (χ2n) is 7.82. The molecule has 0 radical (unpaired) electrons. The molecule has 7 nitrogen and oxygen atoms in total. The number of aromatic nitrogens is 2. The zero-order valence-corrected chi connectivity index (χ0v) is 17.6. The first-order chi connectivity index (χ1) is 15.1. The maximum Gasteiger partial charge on any atom is 0.256 e. The average molecular weight is 416 g/mol. The molecule has 0 saturated carbocycles. The van der Waals surface area contributed by atoms with E-state index >= 15 is 0 Å². The van der Waals surface area contributed by atoms with Crippen molar-refractivity contribution in [1.29, 1.82) is 0 Å². The Labute approximate surface area is 180 Å². The largest absolute Gasteiger partial charge is 0.497 e. The molecule has 7 heteroatoms. The molecule has 0 unspecified atom stereocenters. The van der Waals surface area contributed by atoms with E-state index in [4.69, 9.17) is 9.15 Å². The number of nitrogens with zero attached hydrogens (tertiary/aromatic N) is 4. The van der Waals surface area contributed by atoms with Crippen molar-refractivity contribution in [2.24, 2.45) is 0 Å². The maximum atomic E-state index is 13.4. The first-order valence-electron chi connectivity index (χ1n) is 10.3. The highest BCUT2D eigenvalue weighted by atomic mass is 16.5. The topological polar surface area (TPSA) is 63.2 Å². The molecule has 3 aromatic heterocycles. The van der Waals surface area contributed by atoms with Gasteiger partial charge in [0, 0.05) is 37.9 Å². The SMILES string of the molecule is COc1cccc(-c2ccc3cc(C(=O)N4CCN(C)CC4)c(-c4cocn4)n3c2)c1. The van der Waals surface area contributed by atoms with Crippen molar-refractivity contribution < 1.29 is 13.9 Å². The van der Waals surface area contributed by atoms with Gasteiger partial charge in [0.1, 0.15) is 17.7 Å². The normalized spacial score (nSPS) is 14.8. The molecule has 0 aliphatic carbocycles. The van der Waals surface area contributed by atoms with Crippen molar-refractivity contribution in [3.8, 4) is 28.3 Å². The highest BCUT2D eigenvalue weighted by molar-refractivity contribution is 6.02. The minimum Gasteiger partial charge on any atom is -0.497 e. The van der Waals surface area contributed by atoms with Crippen LogP contribution in [0.25, 0.3) is 28.0 Å². The van der Waals surface area contributed by atoms with E-state index < -0.39 is 0 Å². The molecule has 1 aromatic carbocycles. The van der Waals surface area contributed by atoms with Crippen LogP contribution in [0.3, 0.4) is 0 Å². The molecule has 0 atom stereocenters. The monoisotopic (exact) mass is 416 g/mol. The first-order valence-corrected chi connectivity index (χ1v) is 10.3. The lowest BCUT2D eigenvalue weighted by molar-refractivity contribution is 0.0665. The van der Waals surface area contributed by atoms with Crippen molar-refractivity contribution in [3.63, 3.8) is 0 Å². The van der Waals surface area contributed by atoms with Crippen LogP contribution in [0.2, 0.25) is 0 Å². The molecule has 1 saturated heterocycles. The van der Waals surface area contributed by atoms with Crippen LogP contribution in [0.5, 0.6) is 5.75 Å². The first kappa shape index (κ1) is 19.4. The summed E-state index contributed by atoms with van der Waals surface area (Å²) in [5.41, 5.74) is 5.01. The average Bonchev–Trinajstić information content (AvgIpc) is 3.46. The van der Waals surface area contributed by atoms with Gasteiger partial charge in [0.25, 0.3) is 5.91 Å². The van der Waals surface area contributed by atoms with E-state index in [1.54, 1.807) is 13.4 Å². The third-order valence-corrected chi connectivity index (χ3v) is 5.87. The van der Waals surface area contributed by atoms with Crippen molar-refractivity contribution in [3.05, 3.63) is 66.9 Å². The summed E-state index contributed by atoms with van der Waals surface area (Å²) in [5, 5.41) is 0. The van der Waals surface area contributed by atoms with E-state index in [0.717, 1.165) is 54.3 Å². The van der Waals surface area contributed by atoms with Gasteiger partial charge in [0.15, 0.2) is 6.39 Å². The smallest absolute Gasteiger partial charge is 0.256 e. The van der Waals surface area contributed by atoms with Gasteiger partial charge in [-0.15, -0.1) is 0 Å². The van der Waals surface area contributed by atoms with E-state index in [0.29, 0.717) is 11.3 Å². The number of ether oxygens (including phenoxy) is 1. The zero-order chi connectivity index (χ0) is 21.4. The molecular formula is C24H24N4O3. The highest BCUT2D eigenvalue weighted by Crippen LogP contribution is 2.31. The fourth-order valence-corrected chi connectivity index (χ4v) is 4.08. The van der Waals surface area contributed by atoms with Crippen LogP contribution >= 0.6 is 0 Å². The Hall–Kier alpha value is -3.58. The molecule has 1 aliphatic rings. The molecule has 1 amide bonds. The molecule has 0 bridgehead atoms. The van der Waals surface area contributed by atoms with Gasteiger partial charge >= 0.3 is 0 Å². The Balaban J connectivity index is 1.63. The summed E-state index contributed by atoms with van der Waals surface area (Å²) in [7, 11) is 3.74. The number of hydrogen-bond donors (Lipinski definition) is 0. The van der Waals surface area contributed by atoms with Crippen LogP contribution in [0.15, 0.2) is 65.7 Å². The number of amides is 1. The van der Waals surface area contributed by atoms with Crippen molar-refractivity contribution in [1.82, 2.24) is 19.2 Å². The number of fused-ring (bicyclic) bond motifs is 1. The fourth-order valence-electron chi connectivity index (χ4n) is 4.08. The number of carbonyl (C=O) groups is 1. The minimum absolute atomic E-state index is 0.0257. The number of rotatable bonds is 4. The molecule has 158 valence electrons. The molecular weight excluding hydrogens is 392 g/mol. The molecule has 1 aliphatic heterocycles. The van der Waals surface area contributed by atoms with Crippen molar-refractivity contribution in [2.75, 3.05) is 40.3 Å². The standard InChI is InChI=1S/C24H24N4O3/c1-26-8-10-27(11-9-26)24(29)21-13-19-7-6-18(17-4-3-5-20(12-17)30-2)14-28(19)23(21)22-15-31-16-25-22/h3-7,12-16H,8-11H2,1-2H3. The Morgan fingerprint density at radius 3 is 2.65 bits per heavy atom. The summed E-state index contributed by atoms with van der Waals surface area (Å²) in [6.45, 7) is 3.18. The summed E-state index contributed by atoms with van der Waals surface area (Å²) in [5.74, 6) is 0.825. The molecule has 5 rings (SSSR count). The van der Waals surface area contributed by atoms with Crippen molar-refractivity contribution in [2.45, 2.75) is 0 Å². The molecule has 4 heterocycles. The van der Waals surface area contributed by atoms with Gasteiger partial charge < -0.3 is 23.4 Å². The van der Waals surface area contributed by atoms with E-state index in [2.05, 4.69) is 23.0 Å². The molecule has 31 heavy (non-hydrogen) atoms. The van der Waals surface area contributed by atoms with Crippen LogP contribution < -0.4 is 4.74 Å². The van der Waals surface area contributed by atoms with Gasteiger partial charge in [-0.2, -0.15) is 0 Å². The van der Waals surface area contributed by atoms with Crippen LogP contribution in [0.4, 0.5) is 0 Å². The molecule has 0 spiro atoms. The van der Waals surface area contributed by atoms with Crippen LogP contribution in [-0.2, 0) is 0 Å². The number of methoxy groups -OCH3 is 1. The predicted octanol–water partition coefficient (Wildman–Crippen LogP) is 3.66. The summed E-state index contributed by atoms with van der Waals surface area (Å²) in [4.78, 5) is 22.0. The number of carbonyl (C=O) groups excluding carboxylic acids is 1. The lowest BCUT2D eigenvalue weighted by Gasteiger charge is -2.32. The molecule has 4 aromatic rings. The molecule has 0 N–H and O–H groups in total. The predicted molar refractivity (Wildman–Crippen MR) is 118 cm³/mol. The Morgan fingerprint density at radius 2 is 1.90 bits per heavy atom. The quantitative estimate of drug-likeness (QED) is 0.508. The Morgan fingerprint density at radius 1 is 1.06 bits per heavy atom. The Kier molecular flexibility index (Phi) is 4.95. The summed E-state index contributed by atoms with van der Waals surface area (Å²) >= 11 is 0. The summed E-state index contributed by atoms with van der Waals surface area (Å²) < 4.78 is 12.7. The number of benzene rings is 1. The van der Waals surface area contributed by atoms with Crippen molar-refractivity contribution >= 4 is 11.4 Å². The number of likely N-dealkylation sites (N-methyl/N-ethyl adjacent to an activating group) is 1. The fraction of sp³-hybridized carbons (Fsp3) is 0.250. The third-order valence-electron chi connectivity index (χ3n) is 5.87. The number of pyridine rings is 1. The van der Waals surface area contributed by atoms with Gasteiger partial charge in [-0.05, 0) is 42.4 Å². The second kappa shape index (κ2) is 7.92. The minimum atomic E-state index is 0.0257. The number of oxazole rings is 1. The van der Waals surface area contributed by atoms with Gasteiger partial charge in [-0.3, -0.25) is 4.79 Å². The van der Waals surface area contributed by atoms with Gasteiger partial charge in [0.05, 0.1) is 18.4 Å². The van der Waals surface area contributed by atoms with E-state index in [9.17, 15) is 4.79 Å². The lowest BCUT2D eigenvalue weighted by Crippen LogP contribution is -2.47. The lowest BCUT2D eigenvalue weighted by atomic mass is 10.1. The van der Waals surface area contributed by atoms with Crippen LogP contribution in [0.1, 0.15) is 10.4 Å². The van der Waals surface area contributed by atoms with Gasteiger partial charge in [-0.25, -0.2) is 4.98 Å². The van der Waals surface area contributed by atoms with E-state index in [-0.39, 0.29) is 5.91 Å². The summed E-state index contributed by atoms with van der Waals surface area (Å²) in [6, 6.07) is 14.0. The second-order valence-corrected chi connectivity index (χ2v) is 7.82. The zero-order valence-electron chi connectivity index (χ0n) is 17.6. The Bertz CT molecular complexity index is 1220. The number of piperazine rings is 1. The van der Waals surface area contributed by atoms with E-state index in [1.165, 1.54) is 6.39 Å². The molecule has 1 fully saturated rings. The summed E-state index contributed by atoms with van der Waals surface area (Å²) in [6.07, 6.45) is 5.01. The highest BCUT2D eigenvalue weighted by Gasteiger charge is 2.26. The van der Waals surface area contributed by atoms with E-state index in [1.807, 2.05) is 51.9 Å². The van der Waals surface area contributed by atoms with Crippen LogP contribution in [0, 0.1) is 0 Å².